The van der Waals surface area contributed by atoms with Crippen molar-refractivity contribution in [2.24, 2.45) is 0 Å². The highest BCUT2D eigenvalue weighted by atomic mass is 16.5. The van der Waals surface area contributed by atoms with Gasteiger partial charge in [-0.15, -0.1) is 0 Å². The van der Waals surface area contributed by atoms with Gasteiger partial charge in [0.1, 0.15) is 11.3 Å². The lowest BCUT2D eigenvalue weighted by Gasteiger charge is -2.09. The van der Waals surface area contributed by atoms with Gasteiger partial charge in [0.25, 0.3) is 5.91 Å². The summed E-state index contributed by atoms with van der Waals surface area (Å²) in [5, 5.41) is 2.87. The summed E-state index contributed by atoms with van der Waals surface area (Å²) in [5.74, 6) is 1.40. The number of fused-ring (bicyclic) bond motifs is 1. The number of carbonyl (C=O) groups excluding carboxylic acids is 1. The summed E-state index contributed by atoms with van der Waals surface area (Å²) in [6.07, 6.45) is 0. The van der Waals surface area contributed by atoms with E-state index in [0.29, 0.717) is 23.2 Å². The second-order valence-corrected chi connectivity index (χ2v) is 8.06. The van der Waals surface area contributed by atoms with Crippen LogP contribution in [0.3, 0.4) is 0 Å². The number of nitrogens with zero attached hydrogens (tertiary/aromatic N) is 1. The first-order valence-corrected chi connectivity index (χ1v) is 10.4. The Hall–Kier alpha value is -3.60. The molecule has 158 valence electrons. The number of hydrogen-bond donors (Lipinski definition) is 1. The van der Waals surface area contributed by atoms with Crippen LogP contribution in [0.2, 0.25) is 0 Å². The number of aryl methyl sites for hydroxylation is 2. The van der Waals surface area contributed by atoms with E-state index in [9.17, 15) is 4.79 Å². The maximum atomic E-state index is 12.4. The van der Waals surface area contributed by atoms with E-state index in [1.807, 2.05) is 62.4 Å². The lowest BCUT2D eigenvalue weighted by Crippen LogP contribution is -2.20. The van der Waals surface area contributed by atoms with E-state index >= 15 is 0 Å². The largest absolute Gasteiger partial charge is 0.484 e. The number of aromatic nitrogens is 1. The number of amides is 1. The van der Waals surface area contributed by atoms with Crippen LogP contribution in [0.4, 0.5) is 5.69 Å². The van der Waals surface area contributed by atoms with Gasteiger partial charge >= 0.3 is 0 Å². The minimum atomic E-state index is -0.227. The molecule has 0 bridgehead atoms. The van der Waals surface area contributed by atoms with Gasteiger partial charge in [-0.3, -0.25) is 4.79 Å². The van der Waals surface area contributed by atoms with E-state index < -0.39 is 0 Å². The van der Waals surface area contributed by atoms with Gasteiger partial charge in [0.2, 0.25) is 5.89 Å². The summed E-state index contributed by atoms with van der Waals surface area (Å²) >= 11 is 0. The average molecular weight is 415 g/mol. The van der Waals surface area contributed by atoms with Crippen molar-refractivity contribution in [2.45, 2.75) is 33.6 Å². The van der Waals surface area contributed by atoms with Gasteiger partial charge in [-0.1, -0.05) is 32.0 Å². The molecule has 1 aromatic heterocycles. The average Bonchev–Trinajstić information content (AvgIpc) is 3.18. The lowest BCUT2D eigenvalue weighted by atomic mass is 10.0. The number of anilines is 1. The molecule has 31 heavy (non-hydrogen) atoms. The maximum absolute atomic E-state index is 12.4. The molecule has 5 nitrogen and oxygen atoms in total. The van der Waals surface area contributed by atoms with Crippen molar-refractivity contribution < 1.29 is 13.9 Å². The molecule has 0 radical (unpaired) electrons. The van der Waals surface area contributed by atoms with E-state index in [1.54, 1.807) is 0 Å². The Morgan fingerprint density at radius 3 is 2.65 bits per heavy atom. The molecule has 0 aliphatic heterocycles. The molecule has 0 saturated heterocycles. The number of hydrogen-bond acceptors (Lipinski definition) is 4. The predicted octanol–water partition coefficient (Wildman–Crippen LogP) is 6.25. The highest BCUT2D eigenvalue weighted by Crippen LogP contribution is 2.28. The van der Waals surface area contributed by atoms with Crippen molar-refractivity contribution in [3.8, 4) is 17.2 Å². The monoisotopic (exact) mass is 414 g/mol. The SMILES string of the molecule is Cc1ccc(OCC(=O)Nc2cccc(-c3nc4cc(C(C)C)ccc4o3)c2)cc1C. The molecule has 1 heterocycles. The minimum absolute atomic E-state index is 0.0619. The Kier molecular flexibility index (Phi) is 5.76. The van der Waals surface area contributed by atoms with Gasteiger partial charge in [-0.25, -0.2) is 4.98 Å². The van der Waals surface area contributed by atoms with Crippen LogP contribution in [0, 0.1) is 13.8 Å². The number of benzene rings is 3. The van der Waals surface area contributed by atoms with Gasteiger partial charge < -0.3 is 14.5 Å². The van der Waals surface area contributed by atoms with E-state index in [2.05, 4.69) is 36.3 Å². The van der Waals surface area contributed by atoms with E-state index in [-0.39, 0.29) is 12.5 Å². The second-order valence-electron chi connectivity index (χ2n) is 8.06. The first-order chi connectivity index (χ1) is 14.9. The van der Waals surface area contributed by atoms with Gasteiger partial charge in [0.15, 0.2) is 12.2 Å². The first kappa shape index (κ1) is 20.7. The Labute approximate surface area is 182 Å². The molecule has 1 amide bonds. The van der Waals surface area contributed by atoms with Gasteiger partial charge in [-0.05, 0) is 78.9 Å². The molecule has 4 aromatic rings. The molecule has 0 saturated carbocycles. The van der Waals surface area contributed by atoms with Crippen LogP contribution in [0.25, 0.3) is 22.6 Å². The lowest BCUT2D eigenvalue weighted by molar-refractivity contribution is -0.118. The third-order valence-electron chi connectivity index (χ3n) is 5.32. The molecule has 0 spiro atoms. The number of nitrogens with one attached hydrogen (secondary N) is 1. The zero-order valence-corrected chi connectivity index (χ0v) is 18.2. The number of rotatable bonds is 6. The molecular formula is C26H26N2O3. The molecule has 1 N–H and O–H groups in total. The fraction of sp³-hybridized carbons (Fsp3) is 0.231. The molecule has 0 aliphatic carbocycles. The van der Waals surface area contributed by atoms with Crippen LogP contribution in [0.5, 0.6) is 5.75 Å². The normalized spacial score (nSPS) is 11.1. The van der Waals surface area contributed by atoms with Crippen LogP contribution in [0.1, 0.15) is 36.5 Å². The molecule has 0 unspecified atom stereocenters. The highest BCUT2D eigenvalue weighted by Gasteiger charge is 2.12. The molecule has 0 aliphatic rings. The fourth-order valence-electron chi connectivity index (χ4n) is 3.31. The van der Waals surface area contributed by atoms with Gasteiger partial charge in [0, 0.05) is 11.3 Å². The molecule has 3 aromatic carbocycles. The summed E-state index contributed by atoms with van der Waals surface area (Å²) in [5.41, 5.74) is 6.58. The second kappa shape index (κ2) is 8.64. The minimum Gasteiger partial charge on any atom is -0.484 e. The summed E-state index contributed by atoms with van der Waals surface area (Å²) < 4.78 is 11.5. The molecule has 4 rings (SSSR count). The highest BCUT2D eigenvalue weighted by molar-refractivity contribution is 5.92. The number of ether oxygens (including phenoxy) is 1. The van der Waals surface area contributed by atoms with Gasteiger partial charge in [0.05, 0.1) is 0 Å². The summed E-state index contributed by atoms with van der Waals surface area (Å²) in [4.78, 5) is 17.0. The van der Waals surface area contributed by atoms with Crippen molar-refractivity contribution in [2.75, 3.05) is 11.9 Å². The van der Waals surface area contributed by atoms with Gasteiger partial charge in [-0.2, -0.15) is 0 Å². The molecule has 5 heteroatoms. The quantitative estimate of drug-likeness (QED) is 0.405. The molecule has 0 fully saturated rings. The third kappa shape index (κ3) is 4.77. The summed E-state index contributed by atoms with van der Waals surface area (Å²) in [7, 11) is 0. The molecular weight excluding hydrogens is 388 g/mol. The number of oxazole rings is 1. The number of carbonyl (C=O) groups is 1. The van der Waals surface area contributed by atoms with Crippen molar-refractivity contribution in [3.63, 3.8) is 0 Å². The van der Waals surface area contributed by atoms with E-state index in [0.717, 1.165) is 22.2 Å². The van der Waals surface area contributed by atoms with Crippen LogP contribution < -0.4 is 10.1 Å². The van der Waals surface area contributed by atoms with Crippen LogP contribution in [-0.2, 0) is 4.79 Å². The Balaban J connectivity index is 1.46. The Morgan fingerprint density at radius 2 is 1.87 bits per heavy atom. The van der Waals surface area contributed by atoms with Crippen molar-refractivity contribution >= 4 is 22.7 Å². The Bertz CT molecular complexity index is 1240. The van der Waals surface area contributed by atoms with Crippen LogP contribution in [-0.4, -0.2) is 17.5 Å². The summed E-state index contributed by atoms with van der Waals surface area (Å²) in [6, 6.07) is 19.3. The van der Waals surface area contributed by atoms with E-state index in [4.69, 9.17) is 9.15 Å². The first-order valence-electron chi connectivity index (χ1n) is 10.4. The Morgan fingerprint density at radius 1 is 1.03 bits per heavy atom. The fourth-order valence-corrected chi connectivity index (χ4v) is 3.31. The smallest absolute Gasteiger partial charge is 0.262 e. The third-order valence-corrected chi connectivity index (χ3v) is 5.32. The van der Waals surface area contributed by atoms with E-state index in [1.165, 1.54) is 11.1 Å². The standard InChI is InChI=1S/C26H26N2O3/c1-16(2)19-9-11-24-23(14-19)28-26(31-24)20-6-5-7-21(13-20)27-25(29)15-30-22-10-8-17(3)18(4)12-22/h5-14,16H,15H2,1-4H3,(H,27,29). The van der Waals surface area contributed by atoms with Crippen molar-refractivity contribution in [1.29, 1.82) is 0 Å². The topological polar surface area (TPSA) is 64.4 Å². The van der Waals surface area contributed by atoms with Crippen molar-refractivity contribution in [3.05, 3.63) is 77.4 Å². The van der Waals surface area contributed by atoms with Crippen molar-refractivity contribution in [1.82, 2.24) is 4.98 Å². The summed E-state index contributed by atoms with van der Waals surface area (Å²) in [6.45, 7) is 8.30. The zero-order valence-electron chi connectivity index (χ0n) is 18.2. The molecule has 0 atom stereocenters. The zero-order chi connectivity index (χ0) is 22.0. The van der Waals surface area contributed by atoms with Crippen LogP contribution in [0.15, 0.2) is 65.1 Å². The van der Waals surface area contributed by atoms with Crippen LogP contribution >= 0.6 is 0 Å². The maximum Gasteiger partial charge on any atom is 0.262 e. The predicted molar refractivity (Wildman–Crippen MR) is 124 cm³/mol.